The van der Waals surface area contributed by atoms with Crippen LogP contribution in [0.3, 0.4) is 0 Å². The summed E-state index contributed by atoms with van der Waals surface area (Å²) >= 11 is 0. The van der Waals surface area contributed by atoms with Gasteiger partial charge >= 0.3 is 6.43 Å². The molecule has 1 N–H and O–H groups in total. The van der Waals surface area contributed by atoms with Gasteiger partial charge in [0.05, 0.1) is 6.54 Å². The first-order valence-corrected chi connectivity index (χ1v) is 10.5. The number of nitrogens with one attached hydrogen (secondary N) is 1. The Morgan fingerprint density at radius 2 is 1.91 bits per heavy atom. The number of hydrogen-bond acceptors (Lipinski definition) is 9. The largest absolute Gasteiger partial charge is 0.415 e. The average Bonchev–Trinajstić information content (AvgIpc) is 3.50. The molecule has 0 saturated carbocycles. The Balaban J connectivity index is 1.24. The van der Waals surface area contributed by atoms with E-state index in [4.69, 9.17) is 4.42 Å². The number of hydrogen-bond donors (Lipinski definition) is 1. The van der Waals surface area contributed by atoms with E-state index in [1.165, 1.54) is 4.80 Å². The second kappa shape index (κ2) is 8.98. The fourth-order valence-electron chi connectivity index (χ4n) is 3.63. The minimum Gasteiger partial charge on any atom is -0.415 e. The molecule has 5 rings (SSSR count). The zero-order valence-corrected chi connectivity index (χ0v) is 17.8. The van der Waals surface area contributed by atoms with E-state index in [2.05, 4.69) is 47.7 Å². The zero-order valence-electron chi connectivity index (χ0n) is 17.8. The van der Waals surface area contributed by atoms with Crippen LogP contribution in [0.2, 0.25) is 0 Å². The molecule has 1 fully saturated rings. The van der Waals surface area contributed by atoms with E-state index in [9.17, 15) is 8.78 Å². The number of aromatic nitrogens is 7. The van der Waals surface area contributed by atoms with Crippen LogP contribution < -0.4 is 10.2 Å². The Hall–Kier alpha value is -3.80. The number of benzene rings is 1. The van der Waals surface area contributed by atoms with E-state index in [1.807, 2.05) is 24.3 Å². The van der Waals surface area contributed by atoms with Crippen molar-refractivity contribution in [1.29, 1.82) is 0 Å². The number of rotatable bonds is 6. The third kappa shape index (κ3) is 4.70. The summed E-state index contributed by atoms with van der Waals surface area (Å²) in [7, 11) is 0. The van der Waals surface area contributed by atoms with Crippen molar-refractivity contribution in [3.05, 3.63) is 54.0 Å². The van der Waals surface area contributed by atoms with Crippen molar-refractivity contribution in [3.63, 3.8) is 0 Å². The standard InChI is InChI=1S/C21H21F2N9O/c1-13-11-31(9-8-24-13)17-7-6-16(10-25-17)19-26-30-32(29-19)12-14-2-4-15(5-3-14)20-27-28-21(33-20)18(22)23/h2-7,10,13,18,24H,8-9,11-12H2,1H3. The number of anilines is 1. The zero-order chi connectivity index (χ0) is 22.8. The van der Waals surface area contributed by atoms with Gasteiger partial charge in [0, 0.05) is 43.0 Å². The number of nitrogens with zero attached hydrogens (tertiary/aromatic N) is 8. The third-order valence-electron chi connectivity index (χ3n) is 5.30. The molecule has 4 aromatic rings. The minimum atomic E-state index is -2.80. The molecular weight excluding hydrogens is 432 g/mol. The van der Waals surface area contributed by atoms with Crippen molar-refractivity contribution in [3.8, 4) is 22.8 Å². The van der Waals surface area contributed by atoms with Gasteiger partial charge < -0.3 is 14.6 Å². The predicted octanol–water partition coefficient (Wildman–Crippen LogP) is 2.57. The summed E-state index contributed by atoms with van der Waals surface area (Å²) in [5, 5.41) is 23.1. The smallest absolute Gasteiger partial charge is 0.314 e. The van der Waals surface area contributed by atoms with Crippen molar-refractivity contribution >= 4 is 5.82 Å². The molecule has 1 saturated heterocycles. The van der Waals surface area contributed by atoms with Crippen LogP contribution in [0, 0.1) is 0 Å². The van der Waals surface area contributed by atoms with Crippen molar-refractivity contribution < 1.29 is 13.2 Å². The van der Waals surface area contributed by atoms with Crippen LogP contribution in [0.1, 0.15) is 24.8 Å². The molecule has 0 amide bonds. The van der Waals surface area contributed by atoms with Crippen LogP contribution in [-0.2, 0) is 6.54 Å². The highest BCUT2D eigenvalue weighted by molar-refractivity contribution is 5.56. The maximum atomic E-state index is 12.6. The molecule has 10 nitrogen and oxygen atoms in total. The average molecular weight is 453 g/mol. The van der Waals surface area contributed by atoms with Crippen LogP contribution in [0.25, 0.3) is 22.8 Å². The van der Waals surface area contributed by atoms with E-state index in [-0.39, 0.29) is 5.89 Å². The Kier molecular flexibility index (Phi) is 5.73. The SMILES string of the molecule is CC1CN(c2ccc(-c3nnn(Cc4ccc(-c5nnc(C(F)F)o5)cc4)n3)cn2)CCN1. The fourth-order valence-corrected chi connectivity index (χ4v) is 3.63. The van der Waals surface area contributed by atoms with Gasteiger partial charge in [-0.05, 0) is 42.0 Å². The van der Waals surface area contributed by atoms with Gasteiger partial charge in [-0.3, -0.25) is 0 Å². The Labute approximate surface area is 187 Å². The van der Waals surface area contributed by atoms with E-state index in [0.717, 1.165) is 36.6 Å². The Bertz CT molecular complexity index is 1210. The highest BCUT2D eigenvalue weighted by Gasteiger charge is 2.18. The first-order chi connectivity index (χ1) is 16.0. The number of halogens is 2. The van der Waals surface area contributed by atoms with E-state index >= 15 is 0 Å². The molecule has 170 valence electrons. The molecule has 1 atom stereocenters. The summed E-state index contributed by atoms with van der Waals surface area (Å²) in [6, 6.07) is 11.4. The summed E-state index contributed by atoms with van der Waals surface area (Å²) in [6.45, 7) is 5.32. The quantitative estimate of drug-likeness (QED) is 0.471. The summed E-state index contributed by atoms with van der Waals surface area (Å²) < 4.78 is 30.2. The molecule has 0 bridgehead atoms. The van der Waals surface area contributed by atoms with Crippen LogP contribution in [0.5, 0.6) is 0 Å². The molecular formula is C21H21F2N9O. The normalized spacial score (nSPS) is 16.5. The molecule has 0 radical (unpaired) electrons. The Morgan fingerprint density at radius 1 is 1.09 bits per heavy atom. The molecule has 1 aliphatic heterocycles. The van der Waals surface area contributed by atoms with Crippen LogP contribution in [0.15, 0.2) is 47.0 Å². The lowest BCUT2D eigenvalue weighted by molar-refractivity contribution is 0.116. The van der Waals surface area contributed by atoms with Crippen molar-refractivity contribution in [2.75, 3.05) is 24.5 Å². The monoisotopic (exact) mass is 453 g/mol. The first-order valence-electron chi connectivity index (χ1n) is 10.5. The van der Waals surface area contributed by atoms with Crippen LogP contribution in [0.4, 0.5) is 14.6 Å². The first kappa shape index (κ1) is 21.1. The molecule has 12 heteroatoms. The van der Waals surface area contributed by atoms with E-state index < -0.39 is 12.3 Å². The lowest BCUT2D eigenvalue weighted by Crippen LogP contribution is -2.49. The molecule has 0 spiro atoms. The van der Waals surface area contributed by atoms with Crippen LogP contribution in [-0.4, -0.2) is 61.1 Å². The van der Waals surface area contributed by atoms with Gasteiger partial charge in [-0.2, -0.15) is 13.6 Å². The minimum absolute atomic E-state index is 0.0456. The Morgan fingerprint density at radius 3 is 2.61 bits per heavy atom. The van der Waals surface area contributed by atoms with Gasteiger partial charge in [-0.25, -0.2) is 4.98 Å². The second-order valence-electron chi connectivity index (χ2n) is 7.79. The molecule has 0 aliphatic carbocycles. The van der Waals surface area contributed by atoms with E-state index in [1.54, 1.807) is 18.3 Å². The van der Waals surface area contributed by atoms with Gasteiger partial charge in [0.25, 0.3) is 5.89 Å². The second-order valence-corrected chi connectivity index (χ2v) is 7.79. The highest BCUT2D eigenvalue weighted by atomic mass is 19.3. The molecule has 1 aliphatic rings. The lowest BCUT2D eigenvalue weighted by atomic mass is 10.1. The number of tetrazole rings is 1. The van der Waals surface area contributed by atoms with Gasteiger partial charge in [-0.15, -0.1) is 20.4 Å². The van der Waals surface area contributed by atoms with Gasteiger partial charge in [0.1, 0.15) is 5.82 Å². The lowest BCUT2D eigenvalue weighted by Gasteiger charge is -2.32. The van der Waals surface area contributed by atoms with Gasteiger partial charge in [-0.1, -0.05) is 12.1 Å². The molecule has 33 heavy (non-hydrogen) atoms. The van der Waals surface area contributed by atoms with Crippen molar-refractivity contribution in [1.82, 2.24) is 40.7 Å². The molecule has 4 heterocycles. The molecule has 3 aromatic heterocycles. The van der Waals surface area contributed by atoms with Crippen LogP contribution >= 0.6 is 0 Å². The van der Waals surface area contributed by atoms with Crippen molar-refractivity contribution in [2.24, 2.45) is 0 Å². The third-order valence-corrected chi connectivity index (χ3v) is 5.30. The summed E-state index contributed by atoms with van der Waals surface area (Å²) in [6.07, 6.45) is -1.04. The number of pyridine rings is 1. The summed E-state index contributed by atoms with van der Waals surface area (Å²) in [4.78, 5) is 8.31. The fraction of sp³-hybridized carbons (Fsp3) is 0.333. The summed E-state index contributed by atoms with van der Waals surface area (Å²) in [5.74, 6) is 0.772. The maximum absolute atomic E-state index is 12.6. The number of piperazine rings is 1. The summed E-state index contributed by atoms with van der Waals surface area (Å²) in [5.41, 5.74) is 2.24. The number of alkyl halides is 2. The maximum Gasteiger partial charge on any atom is 0.314 e. The topological polar surface area (TPSA) is 111 Å². The highest BCUT2D eigenvalue weighted by Crippen LogP contribution is 2.24. The molecule has 1 aromatic carbocycles. The van der Waals surface area contributed by atoms with Gasteiger partial charge in [0.2, 0.25) is 11.7 Å². The van der Waals surface area contributed by atoms with Gasteiger partial charge in [0.15, 0.2) is 0 Å². The van der Waals surface area contributed by atoms with E-state index in [0.29, 0.717) is 24.0 Å². The van der Waals surface area contributed by atoms with Crippen molar-refractivity contribution in [2.45, 2.75) is 25.9 Å². The molecule has 1 unspecified atom stereocenters. The predicted molar refractivity (Wildman–Crippen MR) is 115 cm³/mol.